The van der Waals surface area contributed by atoms with E-state index in [0.29, 0.717) is 4.83 Å². The Morgan fingerprint density at radius 1 is 1.55 bits per heavy atom. The Morgan fingerprint density at radius 2 is 2.27 bits per heavy atom. The number of aliphatic hydroxyl groups is 1. The molecule has 1 nitrogen and oxygen atoms in total. The number of hydrogen-bond acceptors (Lipinski definition) is 1. The Balaban J connectivity index is 2.91. The second-order valence-electron chi connectivity index (χ2n) is 2.52. The topological polar surface area (TPSA) is 20.2 Å². The summed E-state index contributed by atoms with van der Waals surface area (Å²) < 4.78 is 0. The van der Waals surface area contributed by atoms with Gasteiger partial charge in [-0.3, -0.25) is 0 Å². The van der Waals surface area contributed by atoms with Gasteiger partial charge in [0, 0.05) is 4.83 Å². The maximum atomic E-state index is 8.83. The summed E-state index contributed by atoms with van der Waals surface area (Å²) in [7, 11) is 0. The molecule has 1 aromatic rings. The molecule has 0 saturated heterocycles. The van der Waals surface area contributed by atoms with Gasteiger partial charge in [-0.25, -0.2) is 0 Å². The quantitative estimate of drug-likeness (QED) is 0.752. The SMILES string of the molecule is CC(Br)c1cccc(CO)c1. The highest BCUT2D eigenvalue weighted by molar-refractivity contribution is 9.09. The molecule has 11 heavy (non-hydrogen) atoms. The van der Waals surface area contributed by atoms with Gasteiger partial charge in [-0.05, 0) is 18.1 Å². The smallest absolute Gasteiger partial charge is 0.0681 e. The lowest BCUT2D eigenvalue weighted by Gasteiger charge is -2.04. The molecule has 1 rings (SSSR count). The minimum Gasteiger partial charge on any atom is -0.392 e. The highest BCUT2D eigenvalue weighted by Gasteiger charge is 1.99. The number of hydrogen-bond donors (Lipinski definition) is 1. The molecule has 1 unspecified atom stereocenters. The van der Waals surface area contributed by atoms with Crippen molar-refractivity contribution in [1.29, 1.82) is 0 Å². The molecule has 60 valence electrons. The van der Waals surface area contributed by atoms with E-state index in [2.05, 4.69) is 22.9 Å². The molecule has 2 heteroatoms. The first kappa shape index (κ1) is 8.75. The van der Waals surface area contributed by atoms with Crippen molar-refractivity contribution < 1.29 is 5.11 Å². The van der Waals surface area contributed by atoms with Gasteiger partial charge < -0.3 is 5.11 Å². The molecule has 0 saturated carbocycles. The van der Waals surface area contributed by atoms with Gasteiger partial charge in [-0.2, -0.15) is 0 Å². The third kappa shape index (κ3) is 2.31. The summed E-state index contributed by atoms with van der Waals surface area (Å²) in [4.78, 5) is 0.356. The van der Waals surface area contributed by atoms with Crippen LogP contribution in [-0.4, -0.2) is 5.11 Å². The Labute approximate surface area is 75.2 Å². The van der Waals surface area contributed by atoms with Crippen molar-refractivity contribution in [3.63, 3.8) is 0 Å². The Kier molecular flexibility index (Phi) is 3.09. The van der Waals surface area contributed by atoms with Crippen molar-refractivity contribution in [2.24, 2.45) is 0 Å². The molecule has 0 aliphatic heterocycles. The maximum Gasteiger partial charge on any atom is 0.0681 e. The van der Waals surface area contributed by atoms with Crippen LogP contribution in [-0.2, 0) is 6.61 Å². The van der Waals surface area contributed by atoms with Crippen LogP contribution in [0.1, 0.15) is 22.9 Å². The molecule has 0 aliphatic rings. The molecule has 0 spiro atoms. The Morgan fingerprint density at radius 3 is 2.82 bits per heavy atom. The van der Waals surface area contributed by atoms with Crippen molar-refractivity contribution in [3.8, 4) is 0 Å². The maximum absolute atomic E-state index is 8.83. The molecule has 1 aromatic carbocycles. The van der Waals surface area contributed by atoms with E-state index in [1.165, 1.54) is 5.56 Å². The van der Waals surface area contributed by atoms with Gasteiger partial charge in [0.1, 0.15) is 0 Å². The van der Waals surface area contributed by atoms with Gasteiger partial charge in [-0.1, -0.05) is 40.2 Å². The molecule has 0 amide bonds. The summed E-state index contributed by atoms with van der Waals surface area (Å²) >= 11 is 3.46. The van der Waals surface area contributed by atoms with Crippen LogP contribution in [0.2, 0.25) is 0 Å². The molecule has 0 aliphatic carbocycles. The van der Waals surface area contributed by atoms with E-state index in [4.69, 9.17) is 5.11 Å². The molecule has 0 radical (unpaired) electrons. The molecule has 0 heterocycles. The Hall–Kier alpha value is -0.340. The van der Waals surface area contributed by atoms with Crippen LogP contribution >= 0.6 is 15.9 Å². The summed E-state index contributed by atoms with van der Waals surface area (Å²) in [5.41, 5.74) is 2.17. The minimum absolute atomic E-state index is 0.119. The normalized spacial score (nSPS) is 13.0. The van der Waals surface area contributed by atoms with Gasteiger partial charge in [0.2, 0.25) is 0 Å². The second-order valence-corrected chi connectivity index (χ2v) is 3.89. The van der Waals surface area contributed by atoms with Gasteiger partial charge >= 0.3 is 0 Å². The van der Waals surface area contributed by atoms with Crippen LogP contribution in [0.5, 0.6) is 0 Å². The highest BCUT2D eigenvalue weighted by Crippen LogP contribution is 2.21. The fourth-order valence-corrected chi connectivity index (χ4v) is 1.22. The van der Waals surface area contributed by atoms with Gasteiger partial charge in [0.25, 0.3) is 0 Å². The Bertz CT molecular complexity index is 233. The highest BCUT2D eigenvalue weighted by atomic mass is 79.9. The van der Waals surface area contributed by atoms with E-state index in [1.807, 2.05) is 24.3 Å². The van der Waals surface area contributed by atoms with Crippen LogP contribution in [0.3, 0.4) is 0 Å². The monoisotopic (exact) mass is 214 g/mol. The van der Waals surface area contributed by atoms with Gasteiger partial charge in [-0.15, -0.1) is 0 Å². The number of aliphatic hydroxyl groups excluding tert-OH is 1. The summed E-state index contributed by atoms with van der Waals surface area (Å²) in [6, 6.07) is 7.91. The first-order chi connectivity index (χ1) is 5.24. The van der Waals surface area contributed by atoms with Gasteiger partial charge in [0.05, 0.1) is 6.61 Å². The lowest BCUT2D eigenvalue weighted by atomic mass is 10.1. The third-order valence-electron chi connectivity index (χ3n) is 1.59. The largest absolute Gasteiger partial charge is 0.392 e. The molecule has 1 N–H and O–H groups in total. The van der Waals surface area contributed by atoms with Crippen LogP contribution in [0.25, 0.3) is 0 Å². The third-order valence-corrected chi connectivity index (χ3v) is 2.12. The molecule has 0 aromatic heterocycles. The van der Waals surface area contributed by atoms with Crippen molar-refractivity contribution in [1.82, 2.24) is 0 Å². The van der Waals surface area contributed by atoms with E-state index in [-0.39, 0.29) is 6.61 Å². The van der Waals surface area contributed by atoms with Crippen molar-refractivity contribution in [3.05, 3.63) is 35.4 Å². The fourth-order valence-electron chi connectivity index (χ4n) is 0.939. The predicted molar refractivity (Wildman–Crippen MR) is 49.7 cm³/mol. The zero-order valence-corrected chi connectivity index (χ0v) is 8.01. The lowest BCUT2D eigenvalue weighted by molar-refractivity contribution is 0.281. The molecular weight excluding hydrogens is 204 g/mol. The zero-order valence-electron chi connectivity index (χ0n) is 6.42. The van der Waals surface area contributed by atoms with Crippen molar-refractivity contribution in [2.75, 3.05) is 0 Å². The van der Waals surface area contributed by atoms with Crippen molar-refractivity contribution in [2.45, 2.75) is 18.4 Å². The van der Waals surface area contributed by atoms with E-state index in [0.717, 1.165) is 5.56 Å². The minimum atomic E-state index is 0.119. The van der Waals surface area contributed by atoms with Crippen LogP contribution in [0.4, 0.5) is 0 Å². The summed E-state index contributed by atoms with van der Waals surface area (Å²) in [5, 5.41) is 8.83. The molecule has 0 fully saturated rings. The van der Waals surface area contributed by atoms with E-state index >= 15 is 0 Å². The molecule has 0 bridgehead atoms. The summed E-state index contributed by atoms with van der Waals surface area (Å²) in [5.74, 6) is 0. The lowest BCUT2D eigenvalue weighted by Crippen LogP contribution is -1.87. The van der Waals surface area contributed by atoms with Crippen LogP contribution < -0.4 is 0 Å². The first-order valence-corrected chi connectivity index (χ1v) is 4.49. The van der Waals surface area contributed by atoms with E-state index in [1.54, 1.807) is 0 Å². The van der Waals surface area contributed by atoms with Crippen molar-refractivity contribution >= 4 is 15.9 Å². The number of alkyl halides is 1. The van der Waals surface area contributed by atoms with Crippen LogP contribution in [0.15, 0.2) is 24.3 Å². The van der Waals surface area contributed by atoms with Crippen LogP contribution in [0, 0.1) is 0 Å². The average Bonchev–Trinajstić information content (AvgIpc) is 2.05. The number of benzene rings is 1. The molecule has 1 atom stereocenters. The summed E-state index contributed by atoms with van der Waals surface area (Å²) in [6.45, 7) is 2.18. The number of halogens is 1. The second kappa shape index (κ2) is 3.88. The van der Waals surface area contributed by atoms with E-state index in [9.17, 15) is 0 Å². The zero-order chi connectivity index (χ0) is 8.27. The predicted octanol–water partition coefficient (Wildman–Crippen LogP) is 2.63. The first-order valence-electron chi connectivity index (χ1n) is 3.58. The van der Waals surface area contributed by atoms with E-state index < -0.39 is 0 Å². The number of rotatable bonds is 2. The van der Waals surface area contributed by atoms with Gasteiger partial charge in [0.15, 0.2) is 0 Å². The average molecular weight is 215 g/mol. The molecular formula is C9H11BrO. The standard InChI is InChI=1S/C9H11BrO/c1-7(10)9-4-2-3-8(5-9)6-11/h2-5,7,11H,6H2,1H3. The summed E-state index contributed by atoms with van der Waals surface area (Å²) in [6.07, 6.45) is 0. The fraction of sp³-hybridized carbons (Fsp3) is 0.333.